The molecule has 7 heteroatoms. The van der Waals surface area contributed by atoms with E-state index in [0.717, 1.165) is 42.2 Å². The summed E-state index contributed by atoms with van der Waals surface area (Å²) >= 11 is 0. The third kappa shape index (κ3) is 3.24. The van der Waals surface area contributed by atoms with Crippen molar-refractivity contribution in [3.05, 3.63) is 70.4 Å². The third-order valence-electron chi connectivity index (χ3n) is 6.53. The Labute approximate surface area is 186 Å². The van der Waals surface area contributed by atoms with E-state index < -0.39 is 0 Å². The molecule has 164 valence electrons. The van der Waals surface area contributed by atoms with E-state index in [-0.39, 0.29) is 11.6 Å². The van der Waals surface area contributed by atoms with Gasteiger partial charge in [0.1, 0.15) is 5.82 Å². The molecule has 2 aliphatic rings. The lowest BCUT2D eigenvalue weighted by Crippen LogP contribution is -2.23. The predicted molar refractivity (Wildman–Crippen MR) is 127 cm³/mol. The monoisotopic (exact) mass is 428 g/mol. The first-order chi connectivity index (χ1) is 15.6. The largest absolute Gasteiger partial charge is 0.349 e. The van der Waals surface area contributed by atoms with Gasteiger partial charge in [-0.1, -0.05) is 6.07 Å². The normalized spacial score (nSPS) is 16.0. The number of pyridine rings is 1. The Hall–Kier alpha value is -3.32. The molecule has 0 radical (unpaired) electrons. The molecule has 2 N–H and O–H groups in total. The lowest BCUT2D eigenvalue weighted by Gasteiger charge is -2.18. The molecule has 0 spiro atoms. The molecule has 1 aliphatic carbocycles. The van der Waals surface area contributed by atoms with Gasteiger partial charge < -0.3 is 15.2 Å². The Kier molecular flexibility index (Phi) is 4.47. The van der Waals surface area contributed by atoms with Gasteiger partial charge in [0, 0.05) is 49.0 Å². The summed E-state index contributed by atoms with van der Waals surface area (Å²) < 4.78 is 6.13. The minimum absolute atomic E-state index is 0.00641. The molecular formula is C25H28N6O. The van der Waals surface area contributed by atoms with Gasteiger partial charge in [0.25, 0.3) is 5.56 Å². The van der Waals surface area contributed by atoms with Crippen LogP contribution in [-0.2, 0) is 13.0 Å². The van der Waals surface area contributed by atoms with Crippen LogP contribution in [0.25, 0.3) is 16.6 Å². The molecule has 0 bridgehead atoms. The molecule has 1 saturated carbocycles. The standard InChI is InChI=1S/C25H28N6O/c1-16(2)30-25(32)22-14-27-24(28-19-4-3-17-7-9-26-13-18(17)11-19)12-23(22)31(30)21-8-10-29(15-21)20-5-6-20/h3-4,8,10-12,14-16,20,26H,5-7,9,13H2,1-2H3,(H,27,28). The van der Waals surface area contributed by atoms with Crippen LogP contribution in [0.15, 0.2) is 53.7 Å². The van der Waals surface area contributed by atoms with Gasteiger partial charge in [-0.05, 0) is 69.0 Å². The predicted octanol–water partition coefficient (Wildman–Crippen LogP) is 4.29. The maximum absolute atomic E-state index is 13.2. The maximum atomic E-state index is 13.2. The number of hydrogen-bond donors (Lipinski definition) is 2. The van der Waals surface area contributed by atoms with E-state index in [9.17, 15) is 4.79 Å². The molecular weight excluding hydrogens is 400 g/mol. The zero-order valence-electron chi connectivity index (χ0n) is 18.5. The summed E-state index contributed by atoms with van der Waals surface area (Å²) in [5, 5.41) is 7.51. The fourth-order valence-electron chi connectivity index (χ4n) is 4.74. The van der Waals surface area contributed by atoms with Crippen molar-refractivity contribution < 1.29 is 0 Å². The van der Waals surface area contributed by atoms with E-state index >= 15 is 0 Å². The van der Waals surface area contributed by atoms with Crippen LogP contribution in [0.3, 0.4) is 0 Å². The molecule has 4 heterocycles. The second-order valence-corrected chi connectivity index (χ2v) is 9.23. The number of nitrogens with one attached hydrogen (secondary N) is 2. The average Bonchev–Trinajstić information content (AvgIpc) is 3.46. The summed E-state index contributed by atoms with van der Waals surface area (Å²) in [5.74, 6) is 0.734. The maximum Gasteiger partial charge on any atom is 0.276 e. The molecule has 1 aliphatic heterocycles. The van der Waals surface area contributed by atoms with Crippen LogP contribution in [0, 0.1) is 0 Å². The Morgan fingerprint density at radius 3 is 2.84 bits per heavy atom. The topological polar surface area (TPSA) is 68.8 Å². The van der Waals surface area contributed by atoms with E-state index in [0.29, 0.717) is 11.4 Å². The van der Waals surface area contributed by atoms with Crippen molar-refractivity contribution in [1.82, 2.24) is 24.2 Å². The van der Waals surface area contributed by atoms with E-state index in [1.165, 1.54) is 24.0 Å². The lowest BCUT2D eigenvalue weighted by atomic mass is 10.0. The van der Waals surface area contributed by atoms with E-state index in [1.807, 2.05) is 29.3 Å². The Bertz CT molecular complexity index is 1370. The molecule has 32 heavy (non-hydrogen) atoms. The zero-order valence-corrected chi connectivity index (χ0v) is 18.5. The molecule has 1 fully saturated rings. The highest BCUT2D eigenvalue weighted by atomic mass is 16.1. The van der Waals surface area contributed by atoms with Gasteiger partial charge in [0.2, 0.25) is 0 Å². The lowest BCUT2D eigenvalue weighted by molar-refractivity contribution is 0.477. The van der Waals surface area contributed by atoms with Crippen molar-refractivity contribution in [3.8, 4) is 5.69 Å². The number of nitrogens with zero attached hydrogens (tertiary/aromatic N) is 4. The molecule has 0 amide bonds. The van der Waals surface area contributed by atoms with Crippen molar-refractivity contribution in [1.29, 1.82) is 0 Å². The summed E-state index contributed by atoms with van der Waals surface area (Å²) in [7, 11) is 0. The van der Waals surface area contributed by atoms with Crippen molar-refractivity contribution >= 4 is 22.4 Å². The Morgan fingerprint density at radius 1 is 1.16 bits per heavy atom. The molecule has 7 nitrogen and oxygen atoms in total. The summed E-state index contributed by atoms with van der Waals surface area (Å²) in [4.78, 5) is 17.8. The zero-order chi connectivity index (χ0) is 21.8. The van der Waals surface area contributed by atoms with Gasteiger partial charge in [-0.2, -0.15) is 0 Å². The number of anilines is 2. The molecule has 1 aromatic carbocycles. The van der Waals surface area contributed by atoms with Crippen molar-refractivity contribution in [2.24, 2.45) is 0 Å². The van der Waals surface area contributed by atoms with Crippen LogP contribution in [0.1, 0.15) is 49.9 Å². The summed E-state index contributed by atoms with van der Waals surface area (Å²) in [6.07, 6.45) is 9.50. The van der Waals surface area contributed by atoms with Gasteiger partial charge in [0.05, 0.1) is 16.6 Å². The SMILES string of the molecule is CC(C)n1c(=O)c2cnc(Nc3ccc4c(c3)CNCC4)cc2n1-c1ccn(C2CC2)c1. The first kappa shape index (κ1) is 19.4. The van der Waals surface area contributed by atoms with Crippen molar-refractivity contribution in [2.45, 2.75) is 51.7 Å². The van der Waals surface area contributed by atoms with E-state index in [4.69, 9.17) is 0 Å². The number of hydrogen-bond acceptors (Lipinski definition) is 4. The molecule has 3 aromatic heterocycles. The molecule has 6 rings (SSSR count). The molecule has 0 saturated heterocycles. The molecule has 0 atom stereocenters. The smallest absolute Gasteiger partial charge is 0.276 e. The van der Waals surface area contributed by atoms with Crippen LogP contribution in [0.5, 0.6) is 0 Å². The fourth-order valence-corrected chi connectivity index (χ4v) is 4.74. The van der Waals surface area contributed by atoms with Crippen LogP contribution in [0.4, 0.5) is 11.5 Å². The number of fused-ring (bicyclic) bond motifs is 2. The van der Waals surface area contributed by atoms with E-state index in [2.05, 4.69) is 56.8 Å². The minimum Gasteiger partial charge on any atom is -0.349 e. The molecule has 4 aromatic rings. The third-order valence-corrected chi connectivity index (χ3v) is 6.53. The average molecular weight is 429 g/mol. The van der Waals surface area contributed by atoms with E-state index in [1.54, 1.807) is 6.20 Å². The van der Waals surface area contributed by atoms with Crippen molar-refractivity contribution in [3.63, 3.8) is 0 Å². The van der Waals surface area contributed by atoms with Gasteiger partial charge in [-0.3, -0.25) is 4.79 Å². The number of rotatable bonds is 5. The summed E-state index contributed by atoms with van der Waals surface area (Å²) in [6.45, 7) is 6.02. The molecule has 0 unspecified atom stereocenters. The van der Waals surface area contributed by atoms with Gasteiger partial charge >= 0.3 is 0 Å². The first-order valence-corrected chi connectivity index (χ1v) is 11.5. The highest BCUT2D eigenvalue weighted by Crippen LogP contribution is 2.36. The van der Waals surface area contributed by atoms with Crippen LogP contribution < -0.4 is 16.2 Å². The second kappa shape index (κ2) is 7.38. The number of aromatic nitrogens is 4. The highest BCUT2D eigenvalue weighted by molar-refractivity contribution is 5.82. The fraction of sp³-hybridized carbons (Fsp3) is 0.360. The Balaban J connectivity index is 1.44. The van der Waals surface area contributed by atoms with Gasteiger partial charge in [-0.15, -0.1) is 0 Å². The second-order valence-electron chi connectivity index (χ2n) is 9.23. The number of benzene rings is 1. The minimum atomic E-state index is -0.00641. The Morgan fingerprint density at radius 2 is 2.03 bits per heavy atom. The van der Waals surface area contributed by atoms with Crippen LogP contribution in [-0.4, -0.2) is 25.5 Å². The summed E-state index contributed by atoms with van der Waals surface area (Å²) in [5.41, 5.74) is 5.61. The van der Waals surface area contributed by atoms with Gasteiger partial charge in [0.15, 0.2) is 0 Å². The quantitative estimate of drug-likeness (QED) is 0.497. The highest BCUT2D eigenvalue weighted by Gasteiger charge is 2.24. The van der Waals surface area contributed by atoms with Crippen molar-refractivity contribution in [2.75, 3.05) is 11.9 Å². The van der Waals surface area contributed by atoms with Crippen LogP contribution in [0.2, 0.25) is 0 Å². The van der Waals surface area contributed by atoms with Gasteiger partial charge in [-0.25, -0.2) is 14.3 Å². The first-order valence-electron chi connectivity index (χ1n) is 11.5. The van der Waals surface area contributed by atoms with Crippen LogP contribution >= 0.6 is 0 Å². The summed E-state index contributed by atoms with van der Waals surface area (Å²) in [6, 6.07) is 11.2.